The van der Waals surface area contributed by atoms with E-state index in [4.69, 9.17) is 4.74 Å². The first-order valence-electron chi connectivity index (χ1n) is 7.74. The number of rotatable bonds is 5. The Labute approximate surface area is 117 Å². The van der Waals surface area contributed by atoms with Crippen LogP contribution in [0.15, 0.2) is 0 Å². The molecule has 1 aliphatic heterocycles. The Bertz CT molecular complexity index is 285. The van der Waals surface area contributed by atoms with Gasteiger partial charge >= 0.3 is 0 Å². The number of nitrogens with one attached hydrogen (secondary N) is 1. The second kappa shape index (κ2) is 6.53. The molecule has 1 saturated carbocycles. The molecule has 0 amide bonds. The number of aliphatic hydroxyl groups excluding tert-OH is 1. The molecule has 0 aromatic rings. The molecule has 0 spiro atoms. The van der Waals surface area contributed by atoms with E-state index in [9.17, 15) is 5.11 Å². The minimum atomic E-state index is -0.0672. The van der Waals surface area contributed by atoms with Crippen LogP contribution in [-0.4, -0.2) is 60.5 Å². The van der Waals surface area contributed by atoms with Gasteiger partial charge in [-0.15, -0.1) is 0 Å². The van der Waals surface area contributed by atoms with Crippen LogP contribution < -0.4 is 5.32 Å². The molecule has 3 unspecified atom stereocenters. The summed E-state index contributed by atoms with van der Waals surface area (Å²) in [5.74, 6) is 0. The van der Waals surface area contributed by atoms with Crippen LogP contribution in [0.3, 0.4) is 0 Å². The smallest absolute Gasteiger partial charge is 0.0710 e. The fourth-order valence-corrected chi connectivity index (χ4v) is 3.85. The van der Waals surface area contributed by atoms with Crippen LogP contribution in [0.25, 0.3) is 0 Å². The summed E-state index contributed by atoms with van der Waals surface area (Å²) in [5, 5.41) is 13.5. The first-order valence-corrected chi connectivity index (χ1v) is 7.74. The van der Waals surface area contributed by atoms with Gasteiger partial charge < -0.3 is 15.2 Å². The average Bonchev–Trinajstić information content (AvgIpc) is 2.87. The van der Waals surface area contributed by atoms with E-state index in [1.165, 1.54) is 12.8 Å². The predicted octanol–water partition coefficient (Wildman–Crippen LogP) is 1.38. The van der Waals surface area contributed by atoms with Crippen LogP contribution in [-0.2, 0) is 4.74 Å². The van der Waals surface area contributed by atoms with Crippen molar-refractivity contribution in [1.82, 2.24) is 10.2 Å². The molecule has 2 rings (SSSR count). The first-order chi connectivity index (χ1) is 9.08. The molecule has 3 atom stereocenters. The van der Waals surface area contributed by atoms with Crippen molar-refractivity contribution in [2.45, 2.75) is 69.7 Å². The van der Waals surface area contributed by atoms with E-state index in [-0.39, 0.29) is 12.1 Å². The lowest BCUT2D eigenvalue weighted by Gasteiger charge is -2.44. The van der Waals surface area contributed by atoms with Gasteiger partial charge in [0, 0.05) is 37.8 Å². The zero-order chi connectivity index (χ0) is 13.9. The fraction of sp³-hybridized carbons (Fsp3) is 1.00. The van der Waals surface area contributed by atoms with E-state index < -0.39 is 0 Å². The van der Waals surface area contributed by atoms with Gasteiger partial charge in [0.05, 0.1) is 12.7 Å². The summed E-state index contributed by atoms with van der Waals surface area (Å²) in [4.78, 5) is 2.57. The maximum Gasteiger partial charge on any atom is 0.0710 e. The topological polar surface area (TPSA) is 44.7 Å². The zero-order valence-electron chi connectivity index (χ0n) is 12.7. The molecular weight excluding hydrogens is 240 g/mol. The molecule has 1 aliphatic carbocycles. The van der Waals surface area contributed by atoms with Crippen molar-refractivity contribution in [3.05, 3.63) is 0 Å². The third-order valence-electron chi connectivity index (χ3n) is 4.74. The SMILES string of the molecule is COC1CCN(C2CCCC(CO)(NC(C)C)C2)C1. The Morgan fingerprint density at radius 2 is 2.21 bits per heavy atom. The quantitative estimate of drug-likeness (QED) is 0.792. The Morgan fingerprint density at radius 3 is 2.79 bits per heavy atom. The van der Waals surface area contributed by atoms with Crippen molar-refractivity contribution in [2.75, 3.05) is 26.8 Å². The normalized spacial score (nSPS) is 37.1. The Hall–Kier alpha value is -0.160. The summed E-state index contributed by atoms with van der Waals surface area (Å²) in [7, 11) is 1.81. The van der Waals surface area contributed by atoms with E-state index >= 15 is 0 Å². The molecule has 0 radical (unpaired) electrons. The maximum absolute atomic E-state index is 9.84. The van der Waals surface area contributed by atoms with Crippen molar-refractivity contribution in [2.24, 2.45) is 0 Å². The highest BCUT2D eigenvalue weighted by Gasteiger charge is 2.39. The minimum Gasteiger partial charge on any atom is -0.394 e. The van der Waals surface area contributed by atoms with E-state index in [0.29, 0.717) is 18.2 Å². The van der Waals surface area contributed by atoms with Gasteiger partial charge in [0.25, 0.3) is 0 Å². The number of hydrogen-bond acceptors (Lipinski definition) is 4. The summed E-state index contributed by atoms with van der Waals surface area (Å²) in [6.45, 7) is 6.79. The number of nitrogens with zero attached hydrogens (tertiary/aromatic N) is 1. The molecule has 0 aromatic heterocycles. The average molecular weight is 270 g/mol. The van der Waals surface area contributed by atoms with Crippen molar-refractivity contribution in [1.29, 1.82) is 0 Å². The van der Waals surface area contributed by atoms with Crippen LogP contribution in [0.5, 0.6) is 0 Å². The highest BCUT2D eigenvalue weighted by atomic mass is 16.5. The highest BCUT2D eigenvalue weighted by Crippen LogP contribution is 2.33. The maximum atomic E-state index is 9.84. The summed E-state index contributed by atoms with van der Waals surface area (Å²) in [6, 6.07) is 1.03. The molecule has 19 heavy (non-hydrogen) atoms. The van der Waals surface area contributed by atoms with Gasteiger partial charge in [0.2, 0.25) is 0 Å². The lowest BCUT2D eigenvalue weighted by Crippen LogP contribution is -2.57. The fourth-order valence-electron chi connectivity index (χ4n) is 3.85. The molecule has 0 aromatic carbocycles. The lowest BCUT2D eigenvalue weighted by atomic mass is 9.78. The van der Waals surface area contributed by atoms with E-state index in [2.05, 4.69) is 24.1 Å². The van der Waals surface area contributed by atoms with E-state index in [1.54, 1.807) is 0 Å². The standard InChI is InChI=1S/C15H30N2O2/c1-12(2)16-15(11-18)7-4-5-13(9-15)17-8-6-14(10-17)19-3/h12-14,16,18H,4-11H2,1-3H3. The molecule has 4 heteroatoms. The van der Waals surface area contributed by atoms with Crippen molar-refractivity contribution in [3.63, 3.8) is 0 Å². The number of methoxy groups -OCH3 is 1. The van der Waals surface area contributed by atoms with E-state index in [0.717, 1.165) is 32.4 Å². The van der Waals surface area contributed by atoms with Gasteiger partial charge in [-0.05, 0) is 32.1 Å². The van der Waals surface area contributed by atoms with Crippen LogP contribution in [0, 0.1) is 0 Å². The third kappa shape index (κ3) is 3.69. The second-order valence-electron chi connectivity index (χ2n) is 6.63. The second-order valence-corrected chi connectivity index (χ2v) is 6.63. The number of aliphatic hydroxyl groups is 1. The van der Waals surface area contributed by atoms with Gasteiger partial charge in [0.1, 0.15) is 0 Å². The molecule has 4 nitrogen and oxygen atoms in total. The van der Waals surface area contributed by atoms with Crippen LogP contribution in [0.4, 0.5) is 0 Å². The summed E-state index contributed by atoms with van der Waals surface area (Å²) < 4.78 is 5.47. The molecule has 2 fully saturated rings. The summed E-state index contributed by atoms with van der Waals surface area (Å²) in [5.41, 5.74) is -0.0672. The Kier molecular flexibility index (Phi) is 5.23. The summed E-state index contributed by atoms with van der Waals surface area (Å²) >= 11 is 0. The molecule has 1 saturated heterocycles. The predicted molar refractivity (Wildman–Crippen MR) is 77.3 cm³/mol. The molecule has 1 heterocycles. The number of hydrogen-bond donors (Lipinski definition) is 2. The molecule has 2 aliphatic rings. The molecule has 0 bridgehead atoms. The van der Waals surface area contributed by atoms with Gasteiger partial charge in [-0.25, -0.2) is 0 Å². The first kappa shape index (κ1) is 15.2. The van der Waals surface area contributed by atoms with E-state index in [1.807, 2.05) is 7.11 Å². The van der Waals surface area contributed by atoms with Gasteiger partial charge in [0.15, 0.2) is 0 Å². The van der Waals surface area contributed by atoms with Crippen molar-refractivity contribution >= 4 is 0 Å². The number of ether oxygens (including phenoxy) is 1. The third-order valence-corrected chi connectivity index (χ3v) is 4.74. The lowest BCUT2D eigenvalue weighted by molar-refractivity contribution is 0.0516. The minimum absolute atomic E-state index is 0.0672. The summed E-state index contributed by atoms with van der Waals surface area (Å²) in [6.07, 6.45) is 6.19. The van der Waals surface area contributed by atoms with Crippen LogP contribution in [0.1, 0.15) is 46.0 Å². The van der Waals surface area contributed by atoms with Crippen LogP contribution >= 0.6 is 0 Å². The number of likely N-dealkylation sites (tertiary alicyclic amines) is 1. The Morgan fingerprint density at radius 1 is 1.42 bits per heavy atom. The highest BCUT2D eigenvalue weighted by molar-refractivity contribution is 4.98. The molecule has 112 valence electrons. The van der Waals surface area contributed by atoms with Crippen molar-refractivity contribution in [3.8, 4) is 0 Å². The largest absolute Gasteiger partial charge is 0.394 e. The van der Waals surface area contributed by atoms with Gasteiger partial charge in [-0.2, -0.15) is 0 Å². The van der Waals surface area contributed by atoms with Gasteiger partial charge in [-0.3, -0.25) is 4.90 Å². The molecular formula is C15H30N2O2. The zero-order valence-corrected chi connectivity index (χ0v) is 12.7. The monoisotopic (exact) mass is 270 g/mol. The Balaban J connectivity index is 1.96. The van der Waals surface area contributed by atoms with Gasteiger partial charge in [-0.1, -0.05) is 13.8 Å². The molecule has 2 N–H and O–H groups in total. The van der Waals surface area contributed by atoms with Crippen LogP contribution in [0.2, 0.25) is 0 Å². The van der Waals surface area contributed by atoms with Crippen molar-refractivity contribution < 1.29 is 9.84 Å².